The van der Waals surface area contributed by atoms with Crippen LogP contribution in [-0.4, -0.2) is 61.4 Å². The molecule has 188 valence electrons. The zero-order valence-electron chi connectivity index (χ0n) is 19.6. The van der Waals surface area contributed by atoms with Gasteiger partial charge in [0.25, 0.3) is 0 Å². The van der Waals surface area contributed by atoms with Crippen molar-refractivity contribution in [2.24, 2.45) is 16.5 Å². The van der Waals surface area contributed by atoms with E-state index in [1.165, 1.54) is 6.20 Å². The van der Waals surface area contributed by atoms with Crippen LogP contribution in [0, 0.1) is 0 Å². The van der Waals surface area contributed by atoms with E-state index in [1.807, 2.05) is 6.07 Å². The molecule has 1 aliphatic carbocycles. The number of nitrogens with two attached hydrogens (primary N) is 2. The van der Waals surface area contributed by atoms with Crippen LogP contribution in [0.3, 0.4) is 0 Å². The molecule has 1 saturated heterocycles. The molecule has 0 amide bonds. The summed E-state index contributed by atoms with van der Waals surface area (Å²) >= 11 is 6.44. The lowest BCUT2D eigenvalue weighted by Crippen LogP contribution is -2.48. The number of aliphatic imine (C=N–C) groups is 1. The summed E-state index contributed by atoms with van der Waals surface area (Å²) in [7, 11) is 0. The molecule has 1 saturated carbocycles. The molecule has 8 nitrogen and oxygen atoms in total. The van der Waals surface area contributed by atoms with Gasteiger partial charge in [0.05, 0.1) is 22.5 Å². The molecule has 2 fully saturated rings. The van der Waals surface area contributed by atoms with Crippen molar-refractivity contribution in [2.45, 2.75) is 56.1 Å². The molecule has 1 aromatic heterocycles. The van der Waals surface area contributed by atoms with Crippen molar-refractivity contribution in [1.82, 2.24) is 10.3 Å². The van der Waals surface area contributed by atoms with Crippen molar-refractivity contribution in [3.8, 4) is 0 Å². The first-order chi connectivity index (χ1) is 16.5. The summed E-state index contributed by atoms with van der Waals surface area (Å²) in [5.41, 5.74) is 12.9. The van der Waals surface area contributed by atoms with Gasteiger partial charge >= 0.3 is 0 Å². The third-order valence-corrected chi connectivity index (χ3v) is 6.60. The van der Waals surface area contributed by atoms with E-state index < -0.39 is 5.54 Å². The Morgan fingerprint density at radius 3 is 2.68 bits per heavy atom. The summed E-state index contributed by atoms with van der Waals surface area (Å²) in [5, 5.41) is 7.18. The molecule has 34 heavy (non-hydrogen) atoms. The normalized spacial score (nSPS) is 23.4. The van der Waals surface area contributed by atoms with Crippen LogP contribution in [0.4, 0.5) is 10.2 Å². The minimum absolute atomic E-state index is 0.243. The molecule has 0 bridgehead atoms. The van der Waals surface area contributed by atoms with Gasteiger partial charge in [-0.3, -0.25) is 0 Å². The maximum atomic E-state index is 12.4. The lowest BCUT2D eigenvalue weighted by Gasteiger charge is -2.32. The Balaban J connectivity index is 1.65. The van der Waals surface area contributed by atoms with Gasteiger partial charge in [-0.05, 0) is 50.7 Å². The zero-order chi connectivity index (χ0) is 24.4. The van der Waals surface area contributed by atoms with Crippen LogP contribution < -0.4 is 22.1 Å². The number of hydrogen-bond donors (Lipinski definition) is 4. The van der Waals surface area contributed by atoms with Crippen LogP contribution in [0.15, 0.2) is 42.0 Å². The molecule has 1 aliphatic heterocycles. The Hall–Kier alpha value is -2.20. The summed E-state index contributed by atoms with van der Waals surface area (Å²) in [5.74, 6) is 0.948. The number of alkyl halides is 1. The molecule has 0 atom stereocenters. The largest absolute Gasteiger partial charge is 0.475 e. The number of hydrogen-bond acceptors (Lipinski definition) is 8. The lowest BCUT2D eigenvalue weighted by molar-refractivity contribution is 0.0207. The molecule has 0 unspecified atom stereocenters. The Bertz CT molecular complexity index is 867. The zero-order valence-corrected chi connectivity index (χ0v) is 20.3. The number of rotatable bonds is 11. The number of ether oxygens (including phenoxy) is 2. The van der Waals surface area contributed by atoms with Gasteiger partial charge < -0.3 is 31.6 Å². The third kappa shape index (κ3) is 7.66. The van der Waals surface area contributed by atoms with Crippen LogP contribution in [0.2, 0.25) is 5.02 Å². The molecule has 10 heteroatoms. The molecular formula is C24H36ClFN6O2. The van der Waals surface area contributed by atoms with E-state index in [2.05, 4.69) is 27.2 Å². The maximum absolute atomic E-state index is 12.4. The summed E-state index contributed by atoms with van der Waals surface area (Å²) in [6, 6.07) is 2.52. The number of nitrogens with zero attached hydrogens (tertiary/aromatic N) is 2. The predicted molar refractivity (Wildman–Crippen MR) is 135 cm³/mol. The number of aromatic nitrogens is 1. The van der Waals surface area contributed by atoms with Gasteiger partial charge in [-0.2, -0.15) is 0 Å². The molecule has 0 radical (unpaired) electrons. The van der Waals surface area contributed by atoms with Gasteiger partial charge in [0.2, 0.25) is 5.88 Å². The summed E-state index contributed by atoms with van der Waals surface area (Å²) in [6.45, 7) is 5.47. The van der Waals surface area contributed by atoms with Crippen LogP contribution in [0.1, 0.15) is 44.1 Å². The minimum atomic E-state index is -0.470. The van der Waals surface area contributed by atoms with E-state index >= 15 is 0 Å². The number of allylic oxidation sites excluding steroid dienone is 1. The van der Waals surface area contributed by atoms with Crippen molar-refractivity contribution in [1.29, 1.82) is 0 Å². The number of nitrogens with one attached hydrogen (secondary N) is 2. The summed E-state index contributed by atoms with van der Waals surface area (Å²) in [4.78, 5) is 8.96. The fraction of sp³-hybridized carbons (Fsp3) is 0.583. The topological polar surface area (TPSA) is 120 Å². The lowest BCUT2D eigenvalue weighted by atomic mass is 9.91. The van der Waals surface area contributed by atoms with Crippen LogP contribution in [0.5, 0.6) is 0 Å². The molecular weight excluding hydrogens is 459 g/mol. The van der Waals surface area contributed by atoms with Gasteiger partial charge in [-0.1, -0.05) is 18.2 Å². The minimum Gasteiger partial charge on any atom is -0.475 e. The van der Waals surface area contributed by atoms with Gasteiger partial charge in [0, 0.05) is 43.6 Å². The Kier molecular flexibility index (Phi) is 10.1. The fourth-order valence-electron chi connectivity index (χ4n) is 4.22. The highest BCUT2D eigenvalue weighted by Gasteiger charge is 2.29. The van der Waals surface area contributed by atoms with Crippen molar-refractivity contribution in [2.75, 3.05) is 38.4 Å². The van der Waals surface area contributed by atoms with Crippen LogP contribution in [-0.2, 0) is 9.47 Å². The average molecular weight is 495 g/mol. The first kappa shape index (κ1) is 26.4. The first-order valence-corrected chi connectivity index (χ1v) is 12.2. The molecule has 2 aliphatic rings. The first-order valence-electron chi connectivity index (χ1n) is 11.8. The standard InChI is InChI=1S/C24H36ClFN6O2/c1-2-21(32-23(14-27)34-16-24(28)7-11-33-12-8-24)19-13-22(30-15-20(19)25)31-18-5-3-17(4-6-18)29-10-9-26/h2,13-15,17-18,29H,1,3-12,16,27-28H2,(H,30,31)/b23-14+,32-21+/t17-,18-. The highest BCUT2D eigenvalue weighted by molar-refractivity contribution is 6.35. The summed E-state index contributed by atoms with van der Waals surface area (Å²) < 4.78 is 23.6. The van der Waals surface area contributed by atoms with E-state index in [4.69, 9.17) is 32.5 Å². The maximum Gasteiger partial charge on any atom is 0.230 e. The van der Waals surface area contributed by atoms with E-state index in [-0.39, 0.29) is 25.2 Å². The molecule has 1 aromatic rings. The van der Waals surface area contributed by atoms with Gasteiger partial charge in [0.1, 0.15) is 19.1 Å². The second kappa shape index (κ2) is 13.0. The van der Waals surface area contributed by atoms with Crippen LogP contribution >= 0.6 is 11.6 Å². The van der Waals surface area contributed by atoms with Crippen molar-refractivity contribution in [3.05, 3.63) is 47.6 Å². The fourth-order valence-corrected chi connectivity index (χ4v) is 4.42. The monoisotopic (exact) mass is 494 g/mol. The van der Waals surface area contributed by atoms with E-state index in [1.54, 1.807) is 12.3 Å². The quantitative estimate of drug-likeness (QED) is 0.275. The smallest absolute Gasteiger partial charge is 0.230 e. The van der Waals surface area contributed by atoms with E-state index in [9.17, 15) is 4.39 Å². The average Bonchev–Trinajstić information content (AvgIpc) is 2.86. The number of halogens is 2. The van der Waals surface area contributed by atoms with Crippen molar-refractivity contribution >= 4 is 23.1 Å². The summed E-state index contributed by atoms with van der Waals surface area (Å²) in [6.07, 6.45) is 9.86. The molecule has 6 N–H and O–H groups in total. The molecule has 3 rings (SSSR count). The van der Waals surface area contributed by atoms with E-state index in [0.29, 0.717) is 60.8 Å². The van der Waals surface area contributed by atoms with Crippen LogP contribution in [0.25, 0.3) is 0 Å². The number of pyridine rings is 1. The third-order valence-electron chi connectivity index (χ3n) is 6.30. The predicted octanol–water partition coefficient (Wildman–Crippen LogP) is 3.27. The second-order valence-electron chi connectivity index (χ2n) is 8.85. The second-order valence-corrected chi connectivity index (χ2v) is 9.26. The Morgan fingerprint density at radius 1 is 1.32 bits per heavy atom. The van der Waals surface area contributed by atoms with Gasteiger partial charge in [-0.25, -0.2) is 14.4 Å². The van der Waals surface area contributed by atoms with Gasteiger partial charge in [0.15, 0.2) is 0 Å². The van der Waals surface area contributed by atoms with E-state index in [0.717, 1.165) is 25.7 Å². The number of anilines is 1. The molecule has 0 spiro atoms. The highest BCUT2D eigenvalue weighted by Crippen LogP contribution is 2.25. The van der Waals surface area contributed by atoms with Crippen molar-refractivity contribution in [3.63, 3.8) is 0 Å². The Morgan fingerprint density at radius 2 is 2.03 bits per heavy atom. The SMILES string of the molecule is C=C/C(=N\C(=C/N)OCC1(N)CCOCC1)c1cc(N[C@H]2CC[C@H](NCCF)CC2)ncc1Cl. The molecule has 0 aromatic carbocycles. The highest BCUT2D eigenvalue weighted by atomic mass is 35.5. The Labute approximate surface area is 206 Å². The molecule has 2 heterocycles. The van der Waals surface area contributed by atoms with Gasteiger partial charge in [-0.15, -0.1) is 0 Å². The van der Waals surface area contributed by atoms with Crippen molar-refractivity contribution < 1.29 is 13.9 Å².